The molecule has 4 aromatic carbocycles. The number of nitro groups is 1. The molecular formula is C34H30ClN3O5. The second-order valence-corrected chi connectivity index (χ2v) is 11.1. The van der Waals surface area contributed by atoms with Gasteiger partial charge >= 0.3 is 5.97 Å². The number of esters is 1. The van der Waals surface area contributed by atoms with Crippen molar-refractivity contribution in [3.8, 4) is 28.3 Å². The lowest BCUT2D eigenvalue weighted by Gasteiger charge is -2.25. The van der Waals surface area contributed by atoms with Crippen molar-refractivity contribution in [3.63, 3.8) is 0 Å². The number of halogens is 1. The summed E-state index contributed by atoms with van der Waals surface area (Å²) >= 11 is 6.07. The number of aromatic nitrogens is 2. The molecule has 43 heavy (non-hydrogen) atoms. The van der Waals surface area contributed by atoms with Crippen LogP contribution in [0.15, 0.2) is 84.9 Å². The van der Waals surface area contributed by atoms with Gasteiger partial charge in [0.15, 0.2) is 0 Å². The number of nitro benzene ring substituents is 1. The van der Waals surface area contributed by atoms with Gasteiger partial charge in [-0.05, 0) is 84.6 Å². The third-order valence-corrected chi connectivity index (χ3v) is 8.26. The summed E-state index contributed by atoms with van der Waals surface area (Å²) in [4.78, 5) is 28.2. The number of imidazole rings is 1. The van der Waals surface area contributed by atoms with E-state index in [4.69, 9.17) is 26.1 Å². The Bertz CT molecular complexity index is 1790. The predicted molar refractivity (Wildman–Crippen MR) is 167 cm³/mol. The van der Waals surface area contributed by atoms with E-state index < -0.39 is 4.92 Å². The van der Waals surface area contributed by atoms with E-state index in [9.17, 15) is 14.9 Å². The summed E-state index contributed by atoms with van der Waals surface area (Å²) in [5.74, 6) is 1.09. The van der Waals surface area contributed by atoms with Gasteiger partial charge in [0.2, 0.25) is 0 Å². The monoisotopic (exact) mass is 595 g/mol. The lowest BCUT2D eigenvalue weighted by molar-refractivity contribution is -0.384. The highest BCUT2D eigenvalue weighted by Crippen LogP contribution is 2.37. The number of carbonyl (C=O) groups is 1. The number of methoxy groups -OCH3 is 1. The zero-order chi connectivity index (χ0) is 29.9. The van der Waals surface area contributed by atoms with Gasteiger partial charge in [-0.15, -0.1) is 0 Å². The van der Waals surface area contributed by atoms with E-state index in [1.165, 1.54) is 32.4 Å². The third-order valence-electron chi connectivity index (χ3n) is 8.01. The Hall–Kier alpha value is -4.69. The Morgan fingerprint density at radius 1 is 0.953 bits per heavy atom. The van der Waals surface area contributed by atoms with Crippen molar-refractivity contribution in [1.29, 1.82) is 0 Å². The van der Waals surface area contributed by atoms with E-state index in [1.54, 1.807) is 36.4 Å². The smallest absolute Gasteiger partial charge is 0.337 e. The number of carbonyl (C=O) groups excluding carboxylic acids is 1. The molecule has 0 saturated heterocycles. The molecule has 8 nitrogen and oxygen atoms in total. The molecule has 1 fully saturated rings. The molecule has 0 bridgehead atoms. The van der Waals surface area contributed by atoms with Gasteiger partial charge in [-0.25, -0.2) is 9.78 Å². The van der Waals surface area contributed by atoms with Crippen molar-refractivity contribution < 1.29 is 19.2 Å². The first-order valence-electron chi connectivity index (χ1n) is 14.3. The fourth-order valence-corrected chi connectivity index (χ4v) is 5.97. The Labute approximate surface area is 254 Å². The van der Waals surface area contributed by atoms with Gasteiger partial charge in [-0.1, -0.05) is 43.0 Å². The molecule has 0 amide bonds. The minimum Gasteiger partial charge on any atom is -0.489 e. The van der Waals surface area contributed by atoms with Crippen molar-refractivity contribution in [3.05, 3.63) is 111 Å². The normalized spacial score (nSPS) is 13.6. The number of ether oxygens (including phenoxy) is 2. The molecule has 1 aliphatic rings. The van der Waals surface area contributed by atoms with Crippen LogP contribution >= 0.6 is 11.6 Å². The van der Waals surface area contributed by atoms with Crippen molar-refractivity contribution >= 4 is 34.3 Å². The molecule has 0 aliphatic heterocycles. The van der Waals surface area contributed by atoms with Gasteiger partial charge in [0.05, 0.1) is 28.6 Å². The zero-order valence-electron chi connectivity index (χ0n) is 23.7. The Morgan fingerprint density at radius 3 is 2.37 bits per heavy atom. The van der Waals surface area contributed by atoms with E-state index in [0.717, 1.165) is 46.4 Å². The molecule has 1 aromatic heterocycles. The quantitative estimate of drug-likeness (QED) is 0.101. The molecule has 218 valence electrons. The summed E-state index contributed by atoms with van der Waals surface area (Å²) < 4.78 is 13.4. The van der Waals surface area contributed by atoms with E-state index in [1.807, 2.05) is 42.5 Å². The Morgan fingerprint density at radius 2 is 1.67 bits per heavy atom. The highest BCUT2D eigenvalue weighted by atomic mass is 35.5. The molecule has 0 unspecified atom stereocenters. The molecule has 0 N–H and O–H groups in total. The van der Waals surface area contributed by atoms with E-state index in [0.29, 0.717) is 27.9 Å². The fraction of sp³-hybridized carbons (Fsp3) is 0.235. The minimum absolute atomic E-state index is 0.00336. The largest absolute Gasteiger partial charge is 0.489 e. The maximum Gasteiger partial charge on any atom is 0.337 e. The standard InChI is InChI=1S/C34H30ClN3O5/c1-42-34(39)24-11-18-32-31(20-24)36-33(37(32)27-5-3-2-4-6-27)23-9-15-29(16-10-23)43-21-25-19-28(38(40)41)14-17-30(25)22-7-12-26(35)13-8-22/h7-20,27H,2-6,21H2,1H3. The number of benzene rings is 4. The molecule has 9 heteroatoms. The molecule has 5 aromatic rings. The van der Waals surface area contributed by atoms with Gasteiger partial charge in [-0.3, -0.25) is 10.1 Å². The summed E-state index contributed by atoms with van der Waals surface area (Å²) in [6, 6.07) is 25.7. The van der Waals surface area contributed by atoms with Crippen molar-refractivity contribution in [2.45, 2.75) is 44.8 Å². The first kappa shape index (κ1) is 28.4. The zero-order valence-corrected chi connectivity index (χ0v) is 24.4. The van der Waals surface area contributed by atoms with Crippen LogP contribution in [0.2, 0.25) is 5.02 Å². The van der Waals surface area contributed by atoms with Crippen molar-refractivity contribution in [2.75, 3.05) is 7.11 Å². The summed E-state index contributed by atoms with van der Waals surface area (Å²) in [5.41, 5.74) is 5.59. The molecule has 1 aliphatic carbocycles. The fourth-order valence-electron chi connectivity index (χ4n) is 5.84. The minimum atomic E-state index is -0.406. The van der Waals surface area contributed by atoms with Gasteiger partial charge in [-0.2, -0.15) is 0 Å². The molecule has 6 rings (SSSR count). The number of hydrogen-bond acceptors (Lipinski definition) is 6. The molecule has 0 radical (unpaired) electrons. The lowest BCUT2D eigenvalue weighted by Crippen LogP contribution is -2.14. The molecule has 1 heterocycles. The van der Waals surface area contributed by atoms with Crippen LogP contribution in [-0.2, 0) is 11.3 Å². The Kier molecular flexibility index (Phi) is 8.11. The summed E-state index contributed by atoms with van der Waals surface area (Å²) in [7, 11) is 1.37. The van der Waals surface area contributed by atoms with Crippen LogP contribution in [0.4, 0.5) is 5.69 Å². The van der Waals surface area contributed by atoms with Crippen LogP contribution in [0.5, 0.6) is 5.75 Å². The lowest BCUT2D eigenvalue weighted by atomic mass is 9.95. The van der Waals surface area contributed by atoms with Gasteiger partial charge in [0, 0.05) is 34.3 Å². The van der Waals surface area contributed by atoms with Crippen molar-refractivity contribution in [1.82, 2.24) is 9.55 Å². The topological polar surface area (TPSA) is 96.5 Å². The number of hydrogen-bond donors (Lipinski definition) is 0. The maximum absolute atomic E-state index is 12.2. The van der Waals surface area contributed by atoms with E-state index in [-0.39, 0.29) is 18.3 Å². The first-order chi connectivity index (χ1) is 20.9. The van der Waals surface area contributed by atoms with Crippen LogP contribution in [0.3, 0.4) is 0 Å². The SMILES string of the molecule is COC(=O)c1ccc2c(c1)nc(-c1ccc(OCc3cc([N+](=O)[O-])ccc3-c3ccc(Cl)cc3)cc1)n2C1CCCCC1. The molecular weight excluding hydrogens is 566 g/mol. The predicted octanol–water partition coefficient (Wildman–Crippen LogP) is 8.80. The number of rotatable bonds is 8. The average molecular weight is 596 g/mol. The molecule has 1 saturated carbocycles. The van der Waals surface area contributed by atoms with Crippen LogP contribution in [0, 0.1) is 10.1 Å². The Balaban J connectivity index is 1.30. The average Bonchev–Trinajstić information content (AvgIpc) is 3.43. The highest BCUT2D eigenvalue weighted by molar-refractivity contribution is 6.30. The van der Waals surface area contributed by atoms with Gasteiger partial charge in [0.1, 0.15) is 18.2 Å². The van der Waals surface area contributed by atoms with Crippen LogP contribution in [0.1, 0.15) is 54.1 Å². The summed E-state index contributed by atoms with van der Waals surface area (Å²) in [5, 5.41) is 12.1. The van der Waals surface area contributed by atoms with Gasteiger partial charge in [0.25, 0.3) is 5.69 Å². The molecule has 0 atom stereocenters. The van der Waals surface area contributed by atoms with Gasteiger partial charge < -0.3 is 14.0 Å². The first-order valence-corrected chi connectivity index (χ1v) is 14.7. The van der Waals surface area contributed by atoms with E-state index >= 15 is 0 Å². The third kappa shape index (κ3) is 5.96. The highest BCUT2D eigenvalue weighted by Gasteiger charge is 2.23. The summed E-state index contributed by atoms with van der Waals surface area (Å²) in [6.07, 6.45) is 5.75. The second-order valence-electron chi connectivity index (χ2n) is 10.7. The second kappa shape index (κ2) is 12.3. The van der Waals surface area contributed by atoms with Crippen LogP contribution in [-0.4, -0.2) is 27.6 Å². The number of non-ortho nitro benzene ring substituents is 1. The number of fused-ring (bicyclic) bond motifs is 1. The summed E-state index contributed by atoms with van der Waals surface area (Å²) in [6.45, 7) is 0.149. The van der Waals surface area contributed by atoms with E-state index in [2.05, 4.69) is 4.57 Å². The van der Waals surface area contributed by atoms with Crippen LogP contribution < -0.4 is 4.74 Å². The maximum atomic E-state index is 12.2. The number of nitrogens with zero attached hydrogens (tertiary/aromatic N) is 3. The molecule has 0 spiro atoms. The van der Waals surface area contributed by atoms with Crippen molar-refractivity contribution in [2.24, 2.45) is 0 Å². The van der Waals surface area contributed by atoms with Crippen LogP contribution in [0.25, 0.3) is 33.5 Å².